The minimum Gasteiger partial charge on any atom is -0.480 e. The van der Waals surface area contributed by atoms with Crippen molar-refractivity contribution < 1.29 is 19.0 Å². The van der Waals surface area contributed by atoms with Crippen LogP contribution in [0.4, 0.5) is 10.2 Å². The quantitative estimate of drug-likeness (QED) is 0.534. The summed E-state index contributed by atoms with van der Waals surface area (Å²) < 4.78 is 21.1. The van der Waals surface area contributed by atoms with E-state index >= 15 is 0 Å². The van der Waals surface area contributed by atoms with Crippen molar-refractivity contribution in [3.05, 3.63) is 72.1 Å². The number of rotatable bonds is 5. The van der Waals surface area contributed by atoms with Crippen LogP contribution in [0.15, 0.2) is 54.9 Å². The normalized spacial score (nSPS) is 12.1. The van der Waals surface area contributed by atoms with E-state index in [1.807, 2.05) is 0 Å². The second kappa shape index (κ2) is 7.19. The Morgan fingerprint density at radius 2 is 2.07 bits per heavy atom. The average Bonchev–Trinajstić information content (AvgIpc) is 3.23. The monoisotopic (exact) mass is 393 g/mol. The van der Waals surface area contributed by atoms with Gasteiger partial charge in [0.2, 0.25) is 0 Å². The number of carboxylic acids is 1. The van der Waals surface area contributed by atoms with Crippen LogP contribution >= 0.6 is 0 Å². The Bertz CT molecular complexity index is 1210. The minimum atomic E-state index is -1.16. The lowest BCUT2D eigenvalue weighted by Crippen LogP contribution is -2.14. The summed E-state index contributed by atoms with van der Waals surface area (Å²) in [5.41, 5.74) is 7.32. The Hall–Kier alpha value is -4.01. The Balaban J connectivity index is 1.75. The predicted molar refractivity (Wildman–Crippen MR) is 103 cm³/mol. The zero-order valence-electron chi connectivity index (χ0n) is 15.3. The number of halogens is 1. The maximum absolute atomic E-state index is 13.6. The number of fused-ring (bicyclic) bond motifs is 1. The van der Waals surface area contributed by atoms with Crippen LogP contribution in [0.25, 0.3) is 16.6 Å². The number of nitrogen functional groups attached to an aromatic ring is 1. The summed E-state index contributed by atoms with van der Waals surface area (Å²) in [6, 6.07) is 10.5. The number of carbonyl (C=O) groups is 1. The molecule has 0 spiro atoms. The summed E-state index contributed by atoms with van der Waals surface area (Å²) in [4.78, 5) is 19.8. The number of nitrogens with two attached hydrogens (primary N) is 1. The van der Waals surface area contributed by atoms with Crippen LogP contribution in [0.1, 0.15) is 29.2 Å². The fraction of sp³-hybridized carbons (Fsp3) is 0.100. The van der Waals surface area contributed by atoms with Gasteiger partial charge < -0.3 is 15.6 Å². The van der Waals surface area contributed by atoms with Crippen molar-refractivity contribution in [2.45, 2.75) is 13.0 Å². The van der Waals surface area contributed by atoms with Gasteiger partial charge in [0.1, 0.15) is 23.3 Å². The van der Waals surface area contributed by atoms with Gasteiger partial charge in [0.25, 0.3) is 0 Å². The molecule has 0 amide bonds. The smallest absolute Gasteiger partial charge is 0.354 e. The molecule has 0 aliphatic rings. The topological polar surface area (TPSA) is 116 Å². The highest BCUT2D eigenvalue weighted by molar-refractivity contribution is 5.85. The third-order valence-corrected chi connectivity index (χ3v) is 4.33. The van der Waals surface area contributed by atoms with E-state index < -0.39 is 17.9 Å². The lowest BCUT2D eigenvalue weighted by Gasteiger charge is -2.19. The summed E-state index contributed by atoms with van der Waals surface area (Å²) in [7, 11) is 0. The average molecular weight is 393 g/mol. The van der Waals surface area contributed by atoms with Crippen LogP contribution in [0.2, 0.25) is 0 Å². The first-order valence-corrected chi connectivity index (χ1v) is 8.69. The van der Waals surface area contributed by atoms with Crippen LogP contribution in [0, 0.1) is 5.82 Å². The van der Waals surface area contributed by atoms with Crippen molar-refractivity contribution in [2.24, 2.45) is 0 Å². The molecule has 3 aromatic heterocycles. The van der Waals surface area contributed by atoms with Gasteiger partial charge in [-0.1, -0.05) is 0 Å². The van der Waals surface area contributed by atoms with Gasteiger partial charge in [0.05, 0.1) is 11.2 Å². The number of pyridine rings is 2. The molecule has 9 heteroatoms. The molecule has 1 unspecified atom stereocenters. The summed E-state index contributed by atoms with van der Waals surface area (Å²) in [5.74, 6) is -1.19. The molecule has 0 saturated heterocycles. The van der Waals surface area contributed by atoms with E-state index in [9.17, 15) is 14.3 Å². The SMILES string of the molecule is CC(Oc1cc2cc(F)ccc2nc1N)c1nc(C(=O)O)ccc1-n1cccn1. The molecule has 0 saturated carbocycles. The van der Waals surface area contributed by atoms with E-state index in [0.29, 0.717) is 22.3 Å². The van der Waals surface area contributed by atoms with E-state index in [1.165, 1.54) is 24.3 Å². The first-order chi connectivity index (χ1) is 13.9. The second-order valence-electron chi connectivity index (χ2n) is 6.33. The number of benzene rings is 1. The van der Waals surface area contributed by atoms with Gasteiger partial charge in [-0.2, -0.15) is 5.10 Å². The maximum Gasteiger partial charge on any atom is 0.354 e. The zero-order chi connectivity index (χ0) is 20.5. The van der Waals surface area contributed by atoms with Crippen LogP contribution < -0.4 is 10.5 Å². The molecule has 1 aromatic carbocycles. The highest BCUT2D eigenvalue weighted by Gasteiger charge is 2.20. The molecule has 1 atom stereocenters. The number of aromatic carboxylic acids is 1. The Kier molecular flexibility index (Phi) is 4.55. The third kappa shape index (κ3) is 3.57. The highest BCUT2D eigenvalue weighted by atomic mass is 19.1. The van der Waals surface area contributed by atoms with Gasteiger partial charge in [-0.25, -0.2) is 23.8 Å². The van der Waals surface area contributed by atoms with Gasteiger partial charge >= 0.3 is 5.97 Å². The first kappa shape index (κ1) is 18.4. The van der Waals surface area contributed by atoms with Gasteiger partial charge in [-0.15, -0.1) is 0 Å². The summed E-state index contributed by atoms with van der Waals surface area (Å²) in [6.07, 6.45) is 2.62. The van der Waals surface area contributed by atoms with Crippen molar-refractivity contribution in [3.8, 4) is 11.4 Å². The minimum absolute atomic E-state index is 0.127. The van der Waals surface area contributed by atoms with Crippen LogP contribution in [-0.4, -0.2) is 30.8 Å². The van der Waals surface area contributed by atoms with Crippen LogP contribution in [0.5, 0.6) is 5.75 Å². The number of hydrogen-bond donors (Lipinski definition) is 2. The van der Waals surface area contributed by atoms with E-state index in [4.69, 9.17) is 10.5 Å². The molecule has 4 rings (SSSR count). The molecule has 3 N–H and O–H groups in total. The van der Waals surface area contributed by atoms with Crippen molar-refractivity contribution in [1.29, 1.82) is 0 Å². The van der Waals surface area contributed by atoms with Crippen molar-refractivity contribution in [1.82, 2.24) is 19.7 Å². The number of hydrogen-bond acceptors (Lipinski definition) is 6. The molecule has 146 valence electrons. The Morgan fingerprint density at radius 1 is 1.24 bits per heavy atom. The van der Waals surface area contributed by atoms with E-state index in [1.54, 1.807) is 42.2 Å². The highest BCUT2D eigenvalue weighted by Crippen LogP contribution is 2.31. The number of carboxylic acid groups (broad SMARTS) is 1. The fourth-order valence-electron chi connectivity index (χ4n) is 2.97. The van der Waals surface area contributed by atoms with E-state index in [0.717, 1.165) is 0 Å². The fourth-order valence-corrected chi connectivity index (χ4v) is 2.97. The molecule has 0 aliphatic carbocycles. The Labute approximate surface area is 164 Å². The molecule has 4 aromatic rings. The number of anilines is 1. The zero-order valence-corrected chi connectivity index (χ0v) is 15.3. The van der Waals surface area contributed by atoms with Gasteiger partial charge in [0.15, 0.2) is 11.6 Å². The standard InChI is InChI=1S/C20H16FN5O3/c1-11(29-17-10-12-9-13(21)3-4-14(12)25-19(17)22)18-16(26-8-2-7-23-26)6-5-15(24-18)20(27)28/h2-11H,1H3,(H2,22,25)(H,27,28). The molecule has 3 heterocycles. The summed E-state index contributed by atoms with van der Waals surface area (Å²) in [6.45, 7) is 1.70. The second-order valence-corrected chi connectivity index (χ2v) is 6.33. The van der Waals surface area contributed by atoms with Crippen LogP contribution in [-0.2, 0) is 0 Å². The summed E-state index contributed by atoms with van der Waals surface area (Å²) >= 11 is 0. The summed E-state index contributed by atoms with van der Waals surface area (Å²) in [5, 5.41) is 14.0. The van der Waals surface area contributed by atoms with Gasteiger partial charge in [0, 0.05) is 17.8 Å². The molecule has 0 aliphatic heterocycles. The Morgan fingerprint density at radius 3 is 2.79 bits per heavy atom. The molecular formula is C20H16FN5O3. The third-order valence-electron chi connectivity index (χ3n) is 4.33. The first-order valence-electron chi connectivity index (χ1n) is 8.69. The van der Waals surface area contributed by atoms with Crippen molar-refractivity contribution >= 4 is 22.7 Å². The van der Waals surface area contributed by atoms with Gasteiger partial charge in [-0.05, 0) is 49.4 Å². The van der Waals surface area contributed by atoms with Crippen molar-refractivity contribution in [2.75, 3.05) is 5.73 Å². The van der Waals surface area contributed by atoms with E-state index in [2.05, 4.69) is 15.1 Å². The largest absolute Gasteiger partial charge is 0.480 e. The number of aromatic nitrogens is 4. The van der Waals surface area contributed by atoms with Crippen molar-refractivity contribution in [3.63, 3.8) is 0 Å². The lowest BCUT2D eigenvalue weighted by atomic mass is 10.1. The molecule has 0 fully saturated rings. The lowest BCUT2D eigenvalue weighted by molar-refractivity contribution is 0.0689. The predicted octanol–water partition coefficient (Wildman–Crippen LogP) is 3.38. The molecule has 8 nitrogen and oxygen atoms in total. The number of nitrogens with zero attached hydrogens (tertiary/aromatic N) is 4. The van der Waals surface area contributed by atoms with Crippen LogP contribution in [0.3, 0.4) is 0 Å². The number of ether oxygens (including phenoxy) is 1. The molecule has 0 bridgehead atoms. The van der Waals surface area contributed by atoms with E-state index in [-0.39, 0.29) is 17.3 Å². The van der Waals surface area contributed by atoms with Gasteiger partial charge in [-0.3, -0.25) is 0 Å². The maximum atomic E-state index is 13.6. The molecule has 29 heavy (non-hydrogen) atoms. The molecular weight excluding hydrogens is 377 g/mol. The molecule has 0 radical (unpaired) electrons.